The highest BCUT2D eigenvalue weighted by molar-refractivity contribution is 7.17. The first-order valence-electron chi connectivity index (χ1n) is 8.65. The van der Waals surface area contributed by atoms with E-state index in [0.717, 1.165) is 16.3 Å². The second-order valence-electron chi connectivity index (χ2n) is 6.27. The third-order valence-electron chi connectivity index (χ3n) is 3.99. The average molecular weight is 415 g/mol. The second-order valence-corrected chi connectivity index (χ2v) is 7.71. The number of anilines is 1. The fourth-order valence-electron chi connectivity index (χ4n) is 2.59. The quantitative estimate of drug-likeness (QED) is 0.550. The molecule has 0 unspecified atom stereocenters. The first-order valence-corrected chi connectivity index (χ1v) is 9.85. The number of ketones is 1. The van der Waals surface area contributed by atoms with Gasteiger partial charge in [-0.25, -0.2) is 4.98 Å². The van der Waals surface area contributed by atoms with Gasteiger partial charge in [0.1, 0.15) is 10.8 Å². The van der Waals surface area contributed by atoms with Gasteiger partial charge in [-0.15, -0.1) is 11.3 Å². The molecule has 2 aromatic carbocycles. The summed E-state index contributed by atoms with van der Waals surface area (Å²) in [5, 5.41) is 4.10. The Balaban J connectivity index is 1.65. The zero-order valence-corrected chi connectivity index (χ0v) is 17.2. The number of carbonyl (C=O) groups is 2. The van der Waals surface area contributed by atoms with Gasteiger partial charge >= 0.3 is 0 Å². The Kier molecular flexibility index (Phi) is 6.11. The van der Waals surface area contributed by atoms with E-state index in [-0.39, 0.29) is 11.7 Å². The van der Waals surface area contributed by atoms with E-state index >= 15 is 0 Å². The number of aryl methyl sites for hydroxylation is 1. The number of halogens is 1. The number of aromatic nitrogens is 1. The molecule has 3 aromatic rings. The zero-order chi connectivity index (χ0) is 20.3. The van der Waals surface area contributed by atoms with Crippen LogP contribution in [0, 0.1) is 6.92 Å². The average Bonchev–Trinajstić information content (AvgIpc) is 3.04. The molecule has 144 valence electrons. The number of thiazole rings is 1. The van der Waals surface area contributed by atoms with Gasteiger partial charge in [0.15, 0.2) is 11.9 Å². The molecule has 1 heterocycles. The summed E-state index contributed by atoms with van der Waals surface area (Å²) in [6, 6.07) is 14.2. The van der Waals surface area contributed by atoms with Gasteiger partial charge in [0.2, 0.25) is 0 Å². The van der Waals surface area contributed by atoms with Gasteiger partial charge in [-0.2, -0.15) is 0 Å². The maximum atomic E-state index is 12.3. The molecule has 7 heteroatoms. The summed E-state index contributed by atoms with van der Waals surface area (Å²) in [6.07, 6.45) is -0.684. The summed E-state index contributed by atoms with van der Waals surface area (Å²) < 4.78 is 5.72. The lowest BCUT2D eigenvalue weighted by atomic mass is 10.2. The van der Waals surface area contributed by atoms with Crippen molar-refractivity contribution in [3.8, 4) is 16.3 Å². The van der Waals surface area contributed by atoms with E-state index in [9.17, 15) is 9.59 Å². The fourth-order valence-corrected chi connectivity index (χ4v) is 3.75. The predicted molar refractivity (Wildman–Crippen MR) is 112 cm³/mol. The standard InChI is InChI=1S/C21H19ClN2O3S/c1-12-19(13(2)25)28-21(23-12)15-7-9-18(10-8-15)27-14(3)20(26)24-17-6-4-5-16(22)11-17/h4-11,14H,1-3H3,(H,24,26)/t14-/m1/s1. The molecule has 0 aliphatic heterocycles. The molecule has 0 aliphatic carbocycles. The van der Waals surface area contributed by atoms with Crippen molar-refractivity contribution < 1.29 is 14.3 Å². The van der Waals surface area contributed by atoms with Crippen molar-refractivity contribution in [1.82, 2.24) is 4.98 Å². The molecule has 0 saturated heterocycles. The number of benzene rings is 2. The maximum Gasteiger partial charge on any atom is 0.265 e. The van der Waals surface area contributed by atoms with Crippen LogP contribution in [0.4, 0.5) is 5.69 Å². The summed E-state index contributed by atoms with van der Waals surface area (Å²) >= 11 is 7.30. The molecule has 1 atom stereocenters. The number of hydrogen-bond acceptors (Lipinski definition) is 5. The zero-order valence-electron chi connectivity index (χ0n) is 15.7. The Morgan fingerprint density at radius 2 is 1.89 bits per heavy atom. The van der Waals surface area contributed by atoms with E-state index in [1.807, 2.05) is 19.1 Å². The monoisotopic (exact) mass is 414 g/mol. The number of hydrogen-bond donors (Lipinski definition) is 1. The Hall–Kier alpha value is -2.70. The number of nitrogens with zero attached hydrogens (tertiary/aromatic N) is 1. The van der Waals surface area contributed by atoms with Crippen molar-refractivity contribution >= 4 is 40.3 Å². The molecule has 28 heavy (non-hydrogen) atoms. The summed E-state index contributed by atoms with van der Waals surface area (Å²) in [4.78, 5) is 29.0. The lowest BCUT2D eigenvalue weighted by Crippen LogP contribution is -2.30. The summed E-state index contributed by atoms with van der Waals surface area (Å²) in [7, 11) is 0. The second kappa shape index (κ2) is 8.54. The predicted octanol–water partition coefficient (Wildman–Crippen LogP) is 5.38. The highest BCUT2D eigenvalue weighted by Gasteiger charge is 2.16. The van der Waals surface area contributed by atoms with E-state index in [4.69, 9.17) is 16.3 Å². The van der Waals surface area contributed by atoms with Crippen molar-refractivity contribution in [3.05, 3.63) is 64.1 Å². The number of nitrogens with one attached hydrogen (secondary N) is 1. The van der Waals surface area contributed by atoms with Gasteiger partial charge in [0, 0.05) is 23.2 Å². The highest BCUT2D eigenvalue weighted by Crippen LogP contribution is 2.29. The molecule has 0 radical (unpaired) electrons. The van der Waals surface area contributed by atoms with Crippen molar-refractivity contribution in [3.63, 3.8) is 0 Å². The third-order valence-corrected chi connectivity index (χ3v) is 5.53. The normalized spacial score (nSPS) is 11.7. The first kappa shape index (κ1) is 20.0. The van der Waals surface area contributed by atoms with Crippen LogP contribution in [0.15, 0.2) is 48.5 Å². The first-order chi connectivity index (χ1) is 13.3. The molecule has 5 nitrogen and oxygen atoms in total. The minimum Gasteiger partial charge on any atom is -0.481 e. The van der Waals surface area contributed by atoms with Gasteiger partial charge < -0.3 is 10.1 Å². The van der Waals surface area contributed by atoms with Crippen molar-refractivity contribution in [2.45, 2.75) is 26.9 Å². The van der Waals surface area contributed by atoms with Crippen LogP contribution in [0.3, 0.4) is 0 Å². The van der Waals surface area contributed by atoms with E-state index < -0.39 is 6.10 Å². The highest BCUT2D eigenvalue weighted by atomic mass is 35.5. The lowest BCUT2D eigenvalue weighted by molar-refractivity contribution is -0.122. The van der Waals surface area contributed by atoms with Crippen molar-refractivity contribution in [1.29, 1.82) is 0 Å². The molecule has 0 fully saturated rings. The van der Waals surface area contributed by atoms with Gasteiger partial charge in [0.25, 0.3) is 5.91 Å². The van der Waals surface area contributed by atoms with Gasteiger partial charge in [-0.3, -0.25) is 9.59 Å². The Labute approximate surface area is 172 Å². The van der Waals surface area contributed by atoms with Crippen LogP contribution in [-0.4, -0.2) is 22.8 Å². The Morgan fingerprint density at radius 1 is 1.18 bits per heavy atom. The van der Waals surface area contributed by atoms with Crippen LogP contribution >= 0.6 is 22.9 Å². The SMILES string of the molecule is CC(=O)c1sc(-c2ccc(O[C@H](C)C(=O)Nc3cccc(Cl)c3)cc2)nc1C. The molecule has 0 spiro atoms. The largest absolute Gasteiger partial charge is 0.481 e. The van der Waals surface area contributed by atoms with E-state index in [1.54, 1.807) is 43.3 Å². The van der Waals surface area contributed by atoms with E-state index in [0.29, 0.717) is 21.3 Å². The molecule has 1 N–H and O–H groups in total. The van der Waals surface area contributed by atoms with Crippen LogP contribution in [0.2, 0.25) is 5.02 Å². The van der Waals surface area contributed by atoms with Crippen molar-refractivity contribution in [2.75, 3.05) is 5.32 Å². The minimum absolute atomic E-state index is 0.0146. The molecule has 0 saturated carbocycles. The number of ether oxygens (including phenoxy) is 1. The molecular weight excluding hydrogens is 396 g/mol. The summed E-state index contributed by atoms with van der Waals surface area (Å²) in [5.41, 5.74) is 2.24. The number of rotatable bonds is 6. The van der Waals surface area contributed by atoms with Crippen LogP contribution in [0.1, 0.15) is 29.2 Å². The summed E-state index contributed by atoms with van der Waals surface area (Å²) in [5.74, 6) is 0.311. The number of amides is 1. The van der Waals surface area contributed by atoms with E-state index in [1.165, 1.54) is 18.3 Å². The fraction of sp³-hybridized carbons (Fsp3) is 0.190. The maximum absolute atomic E-state index is 12.3. The van der Waals surface area contributed by atoms with E-state index in [2.05, 4.69) is 10.3 Å². The van der Waals surface area contributed by atoms with Crippen molar-refractivity contribution in [2.24, 2.45) is 0 Å². The van der Waals surface area contributed by atoms with Gasteiger partial charge in [-0.1, -0.05) is 17.7 Å². The van der Waals surface area contributed by atoms with Crippen LogP contribution < -0.4 is 10.1 Å². The molecule has 1 amide bonds. The minimum atomic E-state index is -0.684. The van der Waals surface area contributed by atoms with Gasteiger partial charge in [0.05, 0.1) is 10.6 Å². The van der Waals surface area contributed by atoms with Crippen LogP contribution in [0.25, 0.3) is 10.6 Å². The molecular formula is C21H19ClN2O3S. The summed E-state index contributed by atoms with van der Waals surface area (Å²) in [6.45, 7) is 5.04. The number of Topliss-reactive ketones (excluding diaryl/α,β-unsaturated/α-hetero) is 1. The molecule has 3 rings (SSSR count). The Morgan fingerprint density at radius 3 is 2.50 bits per heavy atom. The van der Waals surface area contributed by atoms with Crippen LogP contribution in [-0.2, 0) is 4.79 Å². The number of carbonyl (C=O) groups excluding carboxylic acids is 2. The van der Waals surface area contributed by atoms with Gasteiger partial charge in [-0.05, 0) is 56.3 Å². The molecule has 0 bridgehead atoms. The Bertz CT molecular complexity index is 1010. The van der Waals surface area contributed by atoms with Crippen LogP contribution in [0.5, 0.6) is 5.75 Å². The topological polar surface area (TPSA) is 68.3 Å². The third kappa shape index (κ3) is 4.77. The smallest absolute Gasteiger partial charge is 0.265 e. The lowest BCUT2D eigenvalue weighted by Gasteiger charge is -2.15. The molecule has 1 aromatic heterocycles. The molecule has 0 aliphatic rings.